The topological polar surface area (TPSA) is 70.3 Å². The Balaban J connectivity index is 3.23. The van der Waals surface area contributed by atoms with Crippen LogP contribution in [0.5, 0.6) is 5.75 Å². The molecule has 0 amide bonds. The number of aliphatic carboxylic acids is 1. The Morgan fingerprint density at radius 2 is 2.31 bits per heavy atom. The number of benzene rings is 1. The van der Waals surface area contributed by atoms with Crippen molar-refractivity contribution in [2.75, 3.05) is 7.11 Å². The van der Waals surface area contributed by atoms with Crippen molar-refractivity contribution in [1.82, 2.24) is 0 Å². The van der Waals surface area contributed by atoms with Crippen molar-refractivity contribution >= 4 is 12.0 Å². The minimum atomic E-state index is -1.12. The normalized spacial score (nSPS) is 10.1. The smallest absolute Gasteiger partial charge is 0.328 e. The molecule has 82 valence electrons. The zero-order valence-corrected chi connectivity index (χ0v) is 8.40. The molecule has 0 atom stereocenters. The molecule has 0 aliphatic rings. The maximum Gasteiger partial charge on any atom is 0.328 e. The van der Waals surface area contributed by atoms with E-state index in [1.54, 1.807) is 6.07 Å². The number of carboxylic acids is 1. The average Bonchev–Trinajstić information content (AvgIpc) is 2.27. The largest absolute Gasteiger partial charge is 0.494 e. The number of halogens is 1. The van der Waals surface area contributed by atoms with Crippen molar-refractivity contribution in [3.05, 3.63) is 35.2 Å². The monoisotopic (exact) mass is 221 g/mol. The Hall–Kier alpha value is -2.35. The van der Waals surface area contributed by atoms with Gasteiger partial charge in [0, 0.05) is 6.08 Å². The third-order valence-corrected chi connectivity index (χ3v) is 1.82. The van der Waals surface area contributed by atoms with E-state index in [1.807, 2.05) is 0 Å². The summed E-state index contributed by atoms with van der Waals surface area (Å²) in [5, 5.41) is 17.1. The van der Waals surface area contributed by atoms with Crippen molar-refractivity contribution in [1.29, 1.82) is 5.26 Å². The molecule has 1 aromatic carbocycles. The van der Waals surface area contributed by atoms with Crippen LogP contribution < -0.4 is 4.74 Å². The van der Waals surface area contributed by atoms with Crippen molar-refractivity contribution in [2.45, 2.75) is 0 Å². The first-order chi connectivity index (χ1) is 7.58. The number of nitriles is 1. The minimum absolute atomic E-state index is 0.0934. The lowest BCUT2D eigenvalue weighted by molar-refractivity contribution is -0.131. The summed E-state index contributed by atoms with van der Waals surface area (Å²) in [5.74, 6) is -1.97. The zero-order valence-electron chi connectivity index (χ0n) is 8.40. The number of hydrogen-bond donors (Lipinski definition) is 1. The van der Waals surface area contributed by atoms with E-state index in [0.29, 0.717) is 5.56 Å². The van der Waals surface area contributed by atoms with Crippen LogP contribution in [0.2, 0.25) is 0 Å². The summed E-state index contributed by atoms with van der Waals surface area (Å²) in [4.78, 5) is 10.3. The third kappa shape index (κ3) is 2.58. The molecular weight excluding hydrogens is 213 g/mol. The van der Waals surface area contributed by atoms with E-state index in [4.69, 9.17) is 15.1 Å². The third-order valence-electron chi connectivity index (χ3n) is 1.82. The Labute approximate surface area is 91.2 Å². The van der Waals surface area contributed by atoms with Crippen LogP contribution in [-0.2, 0) is 4.79 Å². The van der Waals surface area contributed by atoms with Gasteiger partial charge < -0.3 is 9.84 Å². The number of methoxy groups -OCH3 is 1. The minimum Gasteiger partial charge on any atom is -0.494 e. The first kappa shape index (κ1) is 11.7. The van der Waals surface area contributed by atoms with E-state index in [2.05, 4.69) is 0 Å². The summed E-state index contributed by atoms with van der Waals surface area (Å²) >= 11 is 0. The van der Waals surface area contributed by atoms with Crippen molar-refractivity contribution in [3.63, 3.8) is 0 Å². The number of ether oxygens (including phenoxy) is 1. The van der Waals surface area contributed by atoms with Gasteiger partial charge in [-0.2, -0.15) is 5.26 Å². The summed E-state index contributed by atoms with van der Waals surface area (Å²) < 4.78 is 18.1. The summed E-state index contributed by atoms with van der Waals surface area (Å²) in [7, 11) is 1.27. The predicted octanol–water partition coefficient (Wildman–Crippen LogP) is 1.80. The molecule has 0 aliphatic carbocycles. The van der Waals surface area contributed by atoms with Crippen LogP contribution in [0.4, 0.5) is 4.39 Å². The Morgan fingerprint density at radius 3 is 2.81 bits per heavy atom. The lowest BCUT2D eigenvalue weighted by atomic mass is 10.1. The molecule has 0 spiro atoms. The summed E-state index contributed by atoms with van der Waals surface area (Å²) in [5.41, 5.74) is 0.196. The van der Waals surface area contributed by atoms with Crippen molar-refractivity contribution in [2.24, 2.45) is 0 Å². The van der Waals surface area contributed by atoms with E-state index >= 15 is 0 Å². The lowest BCUT2D eigenvalue weighted by Gasteiger charge is -2.04. The Bertz CT molecular complexity index is 489. The first-order valence-corrected chi connectivity index (χ1v) is 4.27. The maximum absolute atomic E-state index is 13.4. The number of hydrogen-bond acceptors (Lipinski definition) is 3. The molecule has 0 heterocycles. The highest BCUT2D eigenvalue weighted by molar-refractivity contribution is 5.85. The van der Waals surface area contributed by atoms with Crippen LogP contribution in [0.1, 0.15) is 11.1 Å². The highest BCUT2D eigenvalue weighted by atomic mass is 19.1. The second kappa shape index (κ2) is 4.94. The molecule has 0 fully saturated rings. The molecule has 1 aromatic rings. The lowest BCUT2D eigenvalue weighted by Crippen LogP contribution is -1.93. The van der Waals surface area contributed by atoms with Gasteiger partial charge in [0.15, 0.2) is 11.6 Å². The molecule has 1 N–H and O–H groups in total. The van der Waals surface area contributed by atoms with Gasteiger partial charge in [0.2, 0.25) is 0 Å². The van der Waals surface area contributed by atoms with E-state index in [1.165, 1.54) is 25.3 Å². The van der Waals surface area contributed by atoms with E-state index in [0.717, 1.165) is 6.08 Å². The summed E-state index contributed by atoms with van der Waals surface area (Å²) in [6.07, 6.45) is 2.15. The standard InChI is InChI=1S/C11H8FNO3/c1-16-9-5-7(2-3-10(14)15)4-8(6-13)11(9)12/h2-5H,1H3,(H,14,15)/b3-2+. The number of carboxylic acid groups (broad SMARTS) is 1. The molecule has 4 nitrogen and oxygen atoms in total. The molecule has 0 saturated carbocycles. The van der Waals surface area contributed by atoms with Crippen LogP contribution in [0, 0.1) is 17.1 Å². The number of carbonyl (C=O) groups is 1. The summed E-state index contributed by atoms with van der Waals surface area (Å²) in [6, 6.07) is 4.22. The van der Waals surface area contributed by atoms with E-state index < -0.39 is 11.8 Å². The fraction of sp³-hybridized carbons (Fsp3) is 0.0909. The maximum atomic E-state index is 13.4. The fourth-order valence-corrected chi connectivity index (χ4v) is 1.11. The fourth-order valence-electron chi connectivity index (χ4n) is 1.11. The molecule has 0 aromatic heterocycles. The van der Waals surface area contributed by atoms with Gasteiger partial charge in [-0.25, -0.2) is 9.18 Å². The van der Waals surface area contributed by atoms with Crippen LogP contribution in [0.25, 0.3) is 6.08 Å². The molecule has 1 rings (SSSR count). The van der Waals surface area contributed by atoms with Crippen molar-refractivity contribution in [3.8, 4) is 11.8 Å². The quantitative estimate of drug-likeness (QED) is 0.790. The number of nitrogens with zero attached hydrogens (tertiary/aromatic N) is 1. The van der Waals surface area contributed by atoms with Crippen molar-refractivity contribution < 1.29 is 19.0 Å². The molecular formula is C11H8FNO3. The molecule has 0 unspecified atom stereocenters. The molecule has 0 radical (unpaired) electrons. The molecule has 0 saturated heterocycles. The van der Waals surface area contributed by atoms with Gasteiger partial charge in [0.1, 0.15) is 6.07 Å². The Morgan fingerprint density at radius 1 is 1.62 bits per heavy atom. The zero-order chi connectivity index (χ0) is 12.1. The van der Waals surface area contributed by atoms with Gasteiger partial charge in [-0.15, -0.1) is 0 Å². The van der Waals surface area contributed by atoms with E-state index in [9.17, 15) is 9.18 Å². The SMILES string of the molecule is COc1cc(/C=C/C(=O)O)cc(C#N)c1F. The predicted molar refractivity (Wildman–Crippen MR) is 54.3 cm³/mol. The molecule has 5 heteroatoms. The first-order valence-electron chi connectivity index (χ1n) is 4.27. The highest BCUT2D eigenvalue weighted by Crippen LogP contribution is 2.23. The van der Waals surface area contributed by atoms with Crippen LogP contribution >= 0.6 is 0 Å². The van der Waals surface area contributed by atoms with Gasteiger partial charge in [-0.3, -0.25) is 0 Å². The molecule has 16 heavy (non-hydrogen) atoms. The van der Waals surface area contributed by atoms with Gasteiger partial charge in [-0.05, 0) is 23.8 Å². The molecule has 0 aliphatic heterocycles. The van der Waals surface area contributed by atoms with Gasteiger partial charge in [0.25, 0.3) is 0 Å². The summed E-state index contributed by atoms with van der Waals surface area (Å²) in [6.45, 7) is 0. The molecule has 0 bridgehead atoms. The van der Waals surface area contributed by atoms with Gasteiger partial charge >= 0.3 is 5.97 Å². The highest BCUT2D eigenvalue weighted by Gasteiger charge is 2.09. The van der Waals surface area contributed by atoms with Crippen LogP contribution in [0.3, 0.4) is 0 Å². The van der Waals surface area contributed by atoms with Gasteiger partial charge in [-0.1, -0.05) is 0 Å². The second-order valence-corrected chi connectivity index (χ2v) is 2.87. The van der Waals surface area contributed by atoms with Crippen LogP contribution in [0.15, 0.2) is 18.2 Å². The number of rotatable bonds is 3. The van der Waals surface area contributed by atoms with Crippen LogP contribution in [-0.4, -0.2) is 18.2 Å². The average molecular weight is 221 g/mol. The Kier molecular flexibility index (Phi) is 3.62. The van der Waals surface area contributed by atoms with Gasteiger partial charge in [0.05, 0.1) is 12.7 Å². The van der Waals surface area contributed by atoms with E-state index in [-0.39, 0.29) is 11.3 Å². The second-order valence-electron chi connectivity index (χ2n) is 2.87.